The fourth-order valence-electron chi connectivity index (χ4n) is 4.17. The van der Waals surface area contributed by atoms with Gasteiger partial charge in [0.2, 0.25) is 0 Å². The number of amides is 1. The number of para-hydroxylation sites is 1. The molecule has 3 aliphatic rings. The van der Waals surface area contributed by atoms with Crippen molar-refractivity contribution < 1.29 is 43.3 Å². The zero-order valence-corrected chi connectivity index (χ0v) is 20.6. The average molecular weight is 585 g/mol. The molecule has 0 radical (unpaired) electrons. The van der Waals surface area contributed by atoms with Gasteiger partial charge in [-0.2, -0.15) is 0 Å². The topological polar surface area (TPSA) is 97.5 Å². The number of aromatic amines is 1. The molecule has 1 atom stereocenters. The van der Waals surface area contributed by atoms with Crippen molar-refractivity contribution in [2.24, 2.45) is 0 Å². The summed E-state index contributed by atoms with van der Waals surface area (Å²) in [6.45, 7) is 0.458. The fourth-order valence-corrected chi connectivity index (χ4v) is 6.19. The van der Waals surface area contributed by atoms with E-state index in [1.807, 2.05) is 30.3 Å². The minimum atomic E-state index is -0.833. The predicted octanol–water partition coefficient (Wildman–Crippen LogP) is 1.94. The van der Waals surface area contributed by atoms with Crippen LogP contribution in [0, 0.1) is 5.82 Å². The summed E-state index contributed by atoms with van der Waals surface area (Å²) in [4.78, 5) is 20.9. The van der Waals surface area contributed by atoms with Crippen LogP contribution in [0.15, 0.2) is 60.9 Å². The number of H-pyrrole nitrogens is 1. The van der Waals surface area contributed by atoms with Gasteiger partial charge in [-0.25, -0.2) is 0 Å². The summed E-state index contributed by atoms with van der Waals surface area (Å²) in [6.07, 6.45) is 3.28. The Hall–Kier alpha value is -3.80. The number of carbonyl (C=O) groups excluding carboxylic acids is 1. The normalized spacial score (nSPS) is 16.2. The fraction of sp³-hybridized carbons (Fsp3) is 0.120. The molecular weight excluding hydrogens is 566 g/mol. The van der Waals surface area contributed by atoms with E-state index in [0.29, 0.717) is 46.2 Å². The van der Waals surface area contributed by atoms with Gasteiger partial charge in [-0.15, -0.1) is 0 Å². The number of benzene rings is 2. The molecule has 178 valence electrons. The van der Waals surface area contributed by atoms with Crippen molar-refractivity contribution in [1.29, 1.82) is 0 Å². The van der Waals surface area contributed by atoms with Crippen molar-refractivity contribution in [2.75, 3.05) is 19.0 Å². The van der Waals surface area contributed by atoms with Crippen LogP contribution in [-0.4, -0.2) is 29.5 Å². The summed E-state index contributed by atoms with van der Waals surface area (Å²) in [5, 5.41) is 6.24. The zero-order chi connectivity index (χ0) is 23.9. The second kappa shape index (κ2) is 8.77. The van der Waals surface area contributed by atoms with Gasteiger partial charge in [0.25, 0.3) is 0 Å². The molecule has 2 aromatic heterocycles. The van der Waals surface area contributed by atoms with E-state index in [1.165, 1.54) is 13.2 Å². The van der Waals surface area contributed by atoms with Gasteiger partial charge >= 0.3 is 211 Å². The van der Waals surface area contributed by atoms with Gasteiger partial charge in [0.15, 0.2) is 0 Å². The number of carbonyl (C=O) groups is 1. The molecule has 1 unspecified atom stereocenters. The Morgan fingerprint density at radius 3 is 2.83 bits per heavy atom. The van der Waals surface area contributed by atoms with E-state index in [0.717, 1.165) is 11.4 Å². The van der Waals surface area contributed by atoms with E-state index in [4.69, 9.17) is 12.5 Å². The van der Waals surface area contributed by atoms with Gasteiger partial charge in [-0.3, -0.25) is 0 Å². The van der Waals surface area contributed by atoms with Crippen molar-refractivity contribution in [3.8, 4) is 34.3 Å². The second-order valence-corrected chi connectivity index (χ2v) is 10.4. The van der Waals surface area contributed by atoms with Gasteiger partial charge in [0.05, 0.1) is 0 Å². The maximum atomic E-state index is 14.5. The summed E-state index contributed by atoms with van der Waals surface area (Å²) in [7, 11) is 1.40. The summed E-state index contributed by atoms with van der Waals surface area (Å²) in [5.74, 6) is 1.18. The number of halogens is 2. The molecule has 35 heavy (non-hydrogen) atoms. The first-order chi connectivity index (χ1) is 17.1. The zero-order valence-electron chi connectivity index (χ0n) is 18.4. The molecule has 0 spiro atoms. The second-order valence-electron chi connectivity index (χ2n) is 7.90. The third-order valence-electron chi connectivity index (χ3n) is 5.79. The number of nitrogens with one attached hydrogen (secondary N) is 3. The number of hydrogen-bond acceptors (Lipinski definition) is 6. The monoisotopic (exact) mass is 585 g/mol. The molecular formula is C25H19FIN4O4-. The van der Waals surface area contributed by atoms with E-state index in [1.54, 1.807) is 24.5 Å². The number of methoxy groups -OCH3 is 1. The van der Waals surface area contributed by atoms with Crippen LogP contribution in [0.4, 0.5) is 15.8 Å². The van der Waals surface area contributed by atoms with Crippen molar-refractivity contribution in [2.45, 2.75) is 3.92 Å². The Bertz CT molecular complexity index is 1440. The Morgan fingerprint density at radius 2 is 2.00 bits per heavy atom. The number of pyridine rings is 1. The van der Waals surface area contributed by atoms with Crippen molar-refractivity contribution >= 4 is 17.3 Å². The van der Waals surface area contributed by atoms with Crippen LogP contribution in [-0.2, 0) is 0 Å². The average Bonchev–Trinajstić information content (AvgIpc) is 3.25. The van der Waals surface area contributed by atoms with Gasteiger partial charge in [-0.05, 0) is 0 Å². The van der Waals surface area contributed by atoms with Crippen LogP contribution in [0.5, 0.6) is 23.0 Å². The minimum absolute atomic E-state index is 0.0307. The molecule has 2 aromatic carbocycles. The van der Waals surface area contributed by atoms with Crippen LogP contribution < -0.4 is 44.8 Å². The summed E-state index contributed by atoms with van der Waals surface area (Å²) >= 11 is -0.833. The molecule has 3 N–H and O–H groups in total. The first-order valence-corrected chi connectivity index (χ1v) is 12.9. The van der Waals surface area contributed by atoms with Crippen LogP contribution in [0.3, 0.4) is 0 Å². The van der Waals surface area contributed by atoms with E-state index in [9.17, 15) is 9.18 Å². The van der Waals surface area contributed by atoms with Crippen LogP contribution >= 0.6 is 0 Å². The number of anilines is 2. The molecule has 4 bridgehead atoms. The molecule has 0 saturated carbocycles. The Kier molecular flexibility index (Phi) is 5.44. The van der Waals surface area contributed by atoms with Crippen LogP contribution in [0.1, 0.15) is 20.0 Å². The van der Waals surface area contributed by atoms with Gasteiger partial charge < -0.3 is 0 Å². The van der Waals surface area contributed by atoms with Gasteiger partial charge in [-0.1, -0.05) is 0 Å². The molecule has 0 saturated heterocycles. The van der Waals surface area contributed by atoms with Crippen molar-refractivity contribution in [1.82, 2.24) is 15.3 Å². The number of fused-ring (bicyclic) bond motifs is 3. The van der Waals surface area contributed by atoms with Crippen LogP contribution in [0.25, 0.3) is 11.3 Å². The number of alkyl halides is 1. The molecule has 10 heteroatoms. The van der Waals surface area contributed by atoms with Crippen molar-refractivity contribution in [3.63, 3.8) is 0 Å². The molecule has 0 aliphatic carbocycles. The predicted molar refractivity (Wildman–Crippen MR) is 122 cm³/mol. The van der Waals surface area contributed by atoms with E-state index < -0.39 is 27.4 Å². The molecule has 5 heterocycles. The van der Waals surface area contributed by atoms with E-state index in [2.05, 4.69) is 20.6 Å². The van der Waals surface area contributed by atoms with E-state index in [-0.39, 0.29) is 15.6 Å². The summed E-state index contributed by atoms with van der Waals surface area (Å²) < 4.78 is 32.0. The molecule has 1 amide bonds. The van der Waals surface area contributed by atoms with Gasteiger partial charge in [0, 0.05) is 0 Å². The Labute approximate surface area is 210 Å². The standard InChI is InChI=1S/C25H19FIN4O4/c1-33-24-16(26)3-2-4-18(24)30-23-20-22-17(11-29-25(20)32)27-35-14-7-5-13(6-8-14)34-19-12-28-10-9-15(19)21(23)31-22/h2-10,12,17,30-31H,11H2,1H3,(H,29,32)/q-1. The summed E-state index contributed by atoms with van der Waals surface area (Å²) in [5.41, 5.74) is 3.44. The Morgan fingerprint density at radius 1 is 1.17 bits per heavy atom. The number of rotatable bonds is 3. The third-order valence-corrected chi connectivity index (χ3v) is 8.23. The number of aromatic nitrogens is 2. The SMILES string of the molecule is COc1c(F)cccc1Nc1c2[nH]c3c1C(=O)NCC3[I-]Oc1ccc(cc1)Oc1cnccc1-2. The summed E-state index contributed by atoms with van der Waals surface area (Å²) in [6, 6.07) is 13.8. The van der Waals surface area contributed by atoms with E-state index >= 15 is 0 Å². The quantitative estimate of drug-likeness (QED) is 0.251. The number of hydrogen-bond donors (Lipinski definition) is 3. The molecule has 8 nitrogen and oxygen atoms in total. The Balaban J connectivity index is 1.59. The maximum absolute atomic E-state index is 14.5. The molecule has 0 fully saturated rings. The first-order valence-electron chi connectivity index (χ1n) is 10.8. The number of nitrogens with zero attached hydrogens (tertiary/aromatic N) is 1. The van der Waals surface area contributed by atoms with Crippen LogP contribution in [0.2, 0.25) is 0 Å². The number of ether oxygens (including phenoxy) is 2. The molecule has 7 rings (SSSR count). The molecule has 3 aliphatic heterocycles. The third kappa shape index (κ3) is 3.83. The van der Waals surface area contributed by atoms with Crippen molar-refractivity contribution in [3.05, 3.63) is 78.0 Å². The van der Waals surface area contributed by atoms with Gasteiger partial charge in [0.1, 0.15) is 0 Å². The first kappa shape index (κ1) is 21.7. The molecule has 4 aromatic rings.